The third-order valence-electron chi connectivity index (χ3n) is 3.57. The number of amides is 1. The van der Waals surface area contributed by atoms with E-state index in [0.29, 0.717) is 17.5 Å². The molecule has 1 heterocycles. The SMILES string of the molecule is COc1ccc(-c2nc(C)cc(SCC(=O)NCCC(C)C)n2)cc1. The van der Waals surface area contributed by atoms with Crippen LogP contribution in [0.15, 0.2) is 35.4 Å². The third kappa shape index (κ3) is 6.38. The van der Waals surface area contributed by atoms with Gasteiger partial charge in [0.1, 0.15) is 10.8 Å². The van der Waals surface area contributed by atoms with E-state index >= 15 is 0 Å². The van der Waals surface area contributed by atoms with Crippen LogP contribution in [0, 0.1) is 12.8 Å². The molecule has 134 valence electrons. The Balaban J connectivity index is 1.99. The predicted molar refractivity (Wildman–Crippen MR) is 102 cm³/mol. The van der Waals surface area contributed by atoms with Crippen LogP contribution in [0.4, 0.5) is 0 Å². The molecule has 0 saturated carbocycles. The summed E-state index contributed by atoms with van der Waals surface area (Å²) >= 11 is 1.43. The molecular formula is C19H25N3O2S. The molecule has 6 heteroatoms. The minimum absolute atomic E-state index is 0.0351. The van der Waals surface area contributed by atoms with E-state index in [1.54, 1.807) is 7.11 Å². The van der Waals surface area contributed by atoms with Crippen LogP contribution in [0.2, 0.25) is 0 Å². The highest BCUT2D eigenvalue weighted by Gasteiger charge is 2.08. The maximum Gasteiger partial charge on any atom is 0.230 e. The largest absolute Gasteiger partial charge is 0.497 e. The third-order valence-corrected chi connectivity index (χ3v) is 4.49. The topological polar surface area (TPSA) is 64.1 Å². The van der Waals surface area contributed by atoms with Crippen LogP contribution >= 0.6 is 11.8 Å². The number of nitrogens with one attached hydrogen (secondary N) is 1. The van der Waals surface area contributed by atoms with E-state index in [1.807, 2.05) is 37.3 Å². The maximum atomic E-state index is 11.9. The Kier molecular flexibility index (Phi) is 7.25. The minimum Gasteiger partial charge on any atom is -0.497 e. The number of aryl methyl sites for hydroxylation is 1. The fourth-order valence-electron chi connectivity index (χ4n) is 2.17. The molecule has 1 aromatic carbocycles. The van der Waals surface area contributed by atoms with Crippen molar-refractivity contribution >= 4 is 17.7 Å². The number of benzene rings is 1. The number of carbonyl (C=O) groups excluding carboxylic acids is 1. The van der Waals surface area contributed by atoms with Crippen LogP contribution in [0.3, 0.4) is 0 Å². The van der Waals surface area contributed by atoms with Gasteiger partial charge in [0, 0.05) is 17.8 Å². The first kappa shape index (κ1) is 19.2. The van der Waals surface area contributed by atoms with Gasteiger partial charge in [-0.3, -0.25) is 4.79 Å². The Morgan fingerprint density at radius 1 is 1.24 bits per heavy atom. The van der Waals surface area contributed by atoms with Crippen molar-refractivity contribution in [2.45, 2.75) is 32.2 Å². The quantitative estimate of drug-likeness (QED) is 0.575. The van der Waals surface area contributed by atoms with E-state index in [-0.39, 0.29) is 5.91 Å². The van der Waals surface area contributed by atoms with Crippen LogP contribution in [-0.2, 0) is 4.79 Å². The Bertz CT molecular complexity index is 702. The fourth-order valence-corrected chi connectivity index (χ4v) is 2.96. The van der Waals surface area contributed by atoms with Crippen LogP contribution in [0.25, 0.3) is 11.4 Å². The zero-order valence-corrected chi connectivity index (χ0v) is 16.0. The van der Waals surface area contributed by atoms with E-state index in [4.69, 9.17) is 4.74 Å². The lowest BCUT2D eigenvalue weighted by molar-refractivity contribution is -0.118. The minimum atomic E-state index is 0.0351. The number of methoxy groups -OCH3 is 1. The first-order valence-electron chi connectivity index (χ1n) is 8.37. The molecule has 25 heavy (non-hydrogen) atoms. The molecule has 0 aliphatic carbocycles. The molecule has 5 nitrogen and oxygen atoms in total. The number of hydrogen-bond donors (Lipinski definition) is 1. The normalized spacial score (nSPS) is 10.8. The first-order chi connectivity index (χ1) is 12.0. The summed E-state index contributed by atoms with van der Waals surface area (Å²) in [7, 11) is 1.64. The molecule has 2 rings (SSSR count). The number of thioether (sulfide) groups is 1. The molecule has 0 aliphatic rings. The van der Waals surface area contributed by atoms with Gasteiger partial charge >= 0.3 is 0 Å². The van der Waals surface area contributed by atoms with Gasteiger partial charge in [-0.15, -0.1) is 0 Å². The van der Waals surface area contributed by atoms with Gasteiger partial charge in [0.25, 0.3) is 0 Å². The summed E-state index contributed by atoms with van der Waals surface area (Å²) in [5.74, 6) is 2.43. The monoisotopic (exact) mass is 359 g/mol. The van der Waals surface area contributed by atoms with Crippen LogP contribution < -0.4 is 10.1 Å². The van der Waals surface area contributed by atoms with Crippen molar-refractivity contribution in [3.05, 3.63) is 36.0 Å². The molecule has 0 atom stereocenters. The molecule has 0 radical (unpaired) electrons. The maximum absolute atomic E-state index is 11.9. The Hall–Kier alpha value is -2.08. The molecule has 1 aromatic heterocycles. The lowest BCUT2D eigenvalue weighted by atomic mass is 10.1. The van der Waals surface area contributed by atoms with E-state index < -0.39 is 0 Å². The van der Waals surface area contributed by atoms with Gasteiger partial charge in [0.05, 0.1) is 12.9 Å². The number of rotatable bonds is 8. The van der Waals surface area contributed by atoms with Crippen molar-refractivity contribution < 1.29 is 9.53 Å². The van der Waals surface area contributed by atoms with Gasteiger partial charge in [0.2, 0.25) is 5.91 Å². The highest BCUT2D eigenvalue weighted by molar-refractivity contribution is 7.99. The second-order valence-electron chi connectivity index (χ2n) is 6.22. The second-order valence-corrected chi connectivity index (χ2v) is 7.22. The summed E-state index contributed by atoms with van der Waals surface area (Å²) in [5.41, 5.74) is 1.80. The van der Waals surface area contributed by atoms with Crippen molar-refractivity contribution in [3.63, 3.8) is 0 Å². The molecule has 0 saturated heterocycles. The number of nitrogens with zero attached hydrogens (tertiary/aromatic N) is 2. The summed E-state index contributed by atoms with van der Waals surface area (Å²) in [6.45, 7) is 6.94. The van der Waals surface area contributed by atoms with Crippen LogP contribution in [0.5, 0.6) is 5.75 Å². The zero-order valence-electron chi connectivity index (χ0n) is 15.2. The molecule has 0 spiro atoms. The molecule has 1 N–H and O–H groups in total. The van der Waals surface area contributed by atoms with Gasteiger partial charge < -0.3 is 10.1 Å². The number of hydrogen-bond acceptors (Lipinski definition) is 5. The van der Waals surface area contributed by atoms with Gasteiger partial charge in [-0.2, -0.15) is 0 Å². The Morgan fingerprint density at radius 3 is 2.60 bits per heavy atom. The van der Waals surface area contributed by atoms with Gasteiger partial charge in [-0.25, -0.2) is 9.97 Å². The van der Waals surface area contributed by atoms with Gasteiger partial charge in [-0.05, 0) is 49.6 Å². The number of carbonyl (C=O) groups is 1. The Labute approximate surface area is 153 Å². The number of ether oxygens (including phenoxy) is 1. The van der Waals surface area contributed by atoms with Crippen molar-refractivity contribution in [3.8, 4) is 17.1 Å². The van der Waals surface area contributed by atoms with Crippen molar-refractivity contribution in [2.24, 2.45) is 5.92 Å². The van der Waals surface area contributed by atoms with Crippen LogP contribution in [-0.4, -0.2) is 35.3 Å². The highest BCUT2D eigenvalue weighted by atomic mass is 32.2. The molecule has 0 aliphatic heterocycles. The summed E-state index contributed by atoms with van der Waals surface area (Å²) in [6.07, 6.45) is 0.991. The van der Waals surface area contributed by atoms with Crippen molar-refractivity contribution in [1.82, 2.24) is 15.3 Å². The summed E-state index contributed by atoms with van der Waals surface area (Å²) < 4.78 is 5.17. The van der Waals surface area contributed by atoms with Gasteiger partial charge in [0.15, 0.2) is 5.82 Å². The van der Waals surface area contributed by atoms with Crippen molar-refractivity contribution in [1.29, 1.82) is 0 Å². The lowest BCUT2D eigenvalue weighted by Crippen LogP contribution is -2.26. The molecule has 0 fully saturated rings. The average Bonchev–Trinajstić information content (AvgIpc) is 2.59. The molecule has 2 aromatic rings. The molecule has 0 bridgehead atoms. The smallest absolute Gasteiger partial charge is 0.230 e. The summed E-state index contributed by atoms with van der Waals surface area (Å²) in [6, 6.07) is 9.53. The van der Waals surface area contributed by atoms with E-state index in [9.17, 15) is 4.79 Å². The zero-order chi connectivity index (χ0) is 18.2. The van der Waals surface area contributed by atoms with Gasteiger partial charge in [-0.1, -0.05) is 25.6 Å². The summed E-state index contributed by atoms with van der Waals surface area (Å²) in [5, 5.41) is 3.74. The molecular weight excluding hydrogens is 334 g/mol. The second kappa shape index (κ2) is 9.42. The number of aromatic nitrogens is 2. The first-order valence-corrected chi connectivity index (χ1v) is 9.36. The Morgan fingerprint density at radius 2 is 1.96 bits per heavy atom. The lowest BCUT2D eigenvalue weighted by Gasteiger charge is -2.08. The van der Waals surface area contributed by atoms with E-state index in [1.165, 1.54) is 11.8 Å². The molecule has 0 unspecified atom stereocenters. The van der Waals surface area contributed by atoms with E-state index in [0.717, 1.165) is 35.0 Å². The predicted octanol–water partition coefficient (Wildman–Crippen LogP) is 3.72. The standard InChI is InChI=1S/C19H25N3O2S/c1-13(2)9-10-20-17(23)12-25-18-11-14(3)21-19(22-18)15-5-7-16(24-4)8-6-15/h5-8,11,13H,9-10,12H2,1-4H3,(H,20,23). The highest BCUT2D eigenvalue weighted by Crippen LogP contribution is 2.23. The fraction of sp³-hybridized carbons (Fsp3) is 0.421. The molecule has 1 amide bonds. The summed E-state index contributed by atoms with van der Waals surface area (Å²) in [4.78, 5) is 21.0. The average molecular weight is 359 g/mol. The van der Waals surface area contributed by atoms with E-state index in [2.05, 4.69) is 29.1 Å². The van der Waals surface area contributed by atoms with Crippen LogP contribution in [0.1, 0.15) is 26.0 Å². The van der Waals surface area contributed by atoms with Crippen molar-refractivity contribution in [2.75, 3.05) is 19.4 Å².